The number of anilines is 1. The Balaban J connectivity index is 1.85. The molecule has 0 saturated carbocycles. The van der Waals surface area contributed by atoms with Crippen molar-refractivity contribution in [2.75, 3.05) is 25.6 Å². The molecule has 0 saturated heterocycles. The van der Waals surface area contributed by atoms with Crippen molar-refractivity contribution in [1.29, 1.82) is 0 Å². The minimum absolute atomic E-state index is 0.145. The lowest BCUT2D eigenvalue weighted by molar-refractivity contribution is -0.383. The van der Waals surface area contributed by atoms with Gasteiger partial charge in [0.05, 0.1) is 11.5 Å². The van der Waals surface area contributed by atoms with E-state index in [1.54, 1.807) is 25.3 Å². The Morgan fingerprint density at radius 2 is 1.84 bits per heavy atom. The van der Waals surface area contributed by atoms with Crippen molar-refractivity contribution in [3.63, 3.8) is 0 Å². The topological polar surface area (TPSA) is 103 Å². The molecular formula is C17H19N3O5. The lowest BCUT2D eigenvalue weighted by Crippen LogP contribution is -2.28. The molecule has 0 fully saturated rings. The second-order valence-electron chi connectivity index (χ2n) is 5.07. The number of amides is 2. The molecule has 2 amide bonds. The summed E-state index contributed by atoms with van der Waals surface area (Å²) < 4.78 is 10.4. The van der Waals surface area contributed by atoms with E-state index in [9.17, 15) is 14.9 Å². The predicted molar refractivity (Wildman–Crippen MR) is 92.8 cm³/mol. The number of methoxy groups -OCH3 is 1. The third kappa shape index (κ3) is 5.78. The van der Waals surface area contributed by atoms with Crippen molar-refractivity contribution in [3.05, 3.63) is 64.2 Å². The molecule has 2 N–H and O–H groups in total. The number of nitro benzene ring substituents is 1. The van der Waals surface area contributed by atoms with Gasteiger partial charge >= 0.3 is 6.03 Å². The first-order valence-corrected chi connectivity index (χ1v) is 7.59. The summed E-state index contributed by atoms with van der Waals surface area (Å²) in [5.74, 6) is 0.713. The van der Waals surface area contributed by atoms with Crippen LogP contribution in [0.15, 0.2) is 48.5 Å². The van der Waals surface area contributed by atoms with E-state index in [1.807, 2.05) is 12.1 Å². The summed E-state index contributed by atoms with van der Waals surface area (Å²) in [4.78, 5) is 22.3. The van der Waals surface area contributed by atoms with Crippen LogP contribution in [0.4, 0.5) is 16.2 Å². The highest BCUT2D eigenvalue weighted by molar-refractivity contribution is 5.91. The molecule has 8 nitrogen and oxygen atoms in total. The number of urea groups is 1. The number of benzene rings is 2. The van der Waals surface area contributed by atoms with Crippen molar-refractivity contribution in [1.82, 2.24) is 5.32 Å². The molecule has 0 aliphatic carbocycles. The van der Waals surface area contributed by atoms with Crippen LogP contribution >= 0.6 is 0 Å². The SMILES string of the molecule is COCCOc1ccc(CNC(=O)Nc2ccccc2[N+](=O)[O-])cc1. The number of nitrogens with one attached hydrogen (secondary N) is 2. The summed E-state index contributed by atoms with van der Waals surface area (Å²) in [6.45, 7) is 1.26. The highest BCUT2D eigenvalue weighted by Gasteiger charge is 2.14. The largest absolute Gasteiger partial charge is 0.491 e. The zero-order chi connectivity index (χ0) is 18.1. The molecule has 132 valence electrons. The van der Waals surface area contributed by atoms with E-state index in [0.717, 1.165) is 5.56 Å². The number of rotatable bonds is 8. The summed E-state index contributed by atoms with van der Waals surface area (Å²) >= 11 is 0. The van der Waals surface area contributed by atoms with Gasteiger partial charge in [0.25, 0.3) is 5.69 Å². The maximum absolute atomic E-state index is 11.9. The summed E-state index contributed by atoms with van der Waals surface area (Å²) in [6.07, 6.45) is 0. The Bertz CT molecular complexity index is 718. The first-order valence-electron chi connectivity index (χ1n) is 7.59. The van der Waals surface area contributed by atoms with E-state index in [1.165, 1.54) is 18.2 Å². The van der Waals surface area contributed by atoms with E-state index in [0.29, 0.717) is 19.0 Å². The maximum atomic E-state index is 11.9. The molecule has 0 radical (unpaired) electrons. The molecule has 0 aliphatic heterocycles. The normalized spacial score (nSPS) is 10.1. The first kappa shape index (κ1) is 18.2. The van der Waals surface area contributed by atoms with Crippen LogP contribution in [0.3, 0.4) is 0 Å². The minimum Gasteiger partial charge on any atom is -0.491 e. The fourth-order valence-corrected chi connectivity index (χ4v) is 2.03. The number of carbonyl (C=O) groups excluding carboxylic acids is 1. The lowest BCUT2D eigenvalue weighted by Gasteiger charge is -2.09. The van der Waals surface area contributed by atoms with Crippen molar-refractivity contribution >= 4 is 17.4 Å². The molecule has 0 bridgehead atoms. The van der Waals surface area contributed by atoms with Crippen LogP contribution in [0.2, 0.25) is 0 Å². The Morgan fingerprint density at radius 1 is 1.12 bits per heavy atom. The average Bonchev–Trinajstić information content (AvgIpc) is 2.61. The van der Waals surface area contributed by atoms with Crippen LogP contribution in [-0.4, -0.2) is 31.3 Å². The van der Waals surface area contributed by atoms with Gasteiger partial charge in [-0.2, -0.15) is 0 Å². The van der Waals surface area contributed by atoms with Crippen LogP contribution in [0.5, 0.6) is 5.75 Å². The van der Waals surface area contributed by atoms with Gasteiger partial charge in [0, 0.05) is 19.7 Å². The van der Waals surface area contributed by atoms with Crippen molar-refractivity contribution in [2.24, 2.45) is 0 Å². The quantitative estimate of drug-likeness (QED) is 0.435. The van der Waals surface area contributed by atoms with E-state index >= 15 is 0 Å². The molecule has 0 heterocycles. The van der Waals surface area contributed by atoms with Crippen molar-refractivity contribution in [3.8, 4) is 5.75 Å². The number of carbonyl (C=O) groups is 1. The van der Waals surface area contributed by atoms with E-state index in [2.05, 4.69) is 10.6 Å². The van der Waals surface area contributed by atoms with E-state index < -0.39 is 11.0 Å². The van der Waals surface area contributed by atoms with E-state index in [4.69, 9.17) is 9.47 Å². The van der Waals surface area contributed by atoms with Gasteiger partial charge in [0.15, 0.2) is 0 Å². The molecule has 25 heavy (non-hydrogen) atoms. The number of ether oxygens (including phenoxy) is 2. The van der Waals surface area contributed by atoms with Crippen LogP contribution in [0, 0.1) is 10.1 Å². The molecule has 2 aromatic rings. The Labute approximate surface area is 144 Å². The Kier molecular flexibility index (Phi) is 6.73. The van der Waals surface area contributed by atoms with Gasteiger partial charge in [-0.25, -0.2) is 4.79 Å². The molecular weight excluding hydrogens is 326 g/mol. The molecule has 2 aromatic carbocycles. The van der Waals surface area contributed by atoms with Gasteiger partial charge in [-0.3, -0.25) is 10.1 Å². The molecule has 0 unspecified atom stereocenters. The smallest absolute Gasteiger partial charge is 0.319 e. The fourth-order valence-electron chi connectivity index (χ4n) is 2.03. The highest BCUT2D eigenvalue weighted by Crippen LogP contribution is 2.22. The average molecular weight is 345 g/mol. The molecule has 8 heteroatoms. The maximum Gasteiger partial charge on any atom is 0.319 e. The monoisotopic (exact) mass is 345 g/mol. The van der Waals surface area contributed by atoms with E-state index in [-0.39, 0.29) is 17.9 Å². The summed E-state index contributed by atoms with van der Waals surface area (Å²) in [5, 5.41) is 16.1. The zero-order valence-corrected chi connectivity index (χ0v) is 13.7. The van der Waals surface area contributed by atoms with Crippen LogP contribution in [0.1, 0.15) is 5.56 Å². The second kappa shape index (κ2) is 9.24. The number of nitro groups is 1. The fraction of sp³-hybridized carbons (Fsp3) is 0.235. The standard InChI is InChI=1S/C17H19N3O5/c1-24-10-11-25-14-8-6-13(7-9-14)12-18-17(21)19-15-4-2-3-5-16(15)20(22)23/h2-9H,10-12H2,1H3,(H2,18,19,21). The third-order valence-corrected chi connectivity index (χ3v) is 3.28. The number of hydrogen-bond donors (Lipinski definition) is 2. The third-order valence-electron chi connectivity index (χ3n) is 3.28. The molecule has 2 rings (SSSR count). The predicted octanol–water partition coefficient (Wildman–Crippen LogP) is 2.94. The molecule has 0 aliphatic rings. The molecule has 0 spiro atoms. The van der Waals surface area contributed by atoms with Crippen LogP contribution < -0.4 is 15.4 Å². The Morgan fingerprint density at radius 3 is 2.52 bits per heavy atom. The second-order valence-corrected chi connectivity index (χ2v) is 5.07. The van der Waals surface area contributed by atoms with Gasteiger partial charge in [-0.15, -0.1) is 0 Å². The summed E-state index contributed by atoms with van der Waals surface area (Å²) in [5.41, 5.74) is 0.860. The zero-order valence-electron chi connectivity index (χ0n) is 13.7. The van der Waals surface area contributed by atoms with Crippen molar-refractivity contribution < 1.29 is 19.2 Å². The number of hydrogen-bond acceptors (Lipinski definition) is 5. The molecule has 0 aromatic heterocycles. The van der Waals surface area contributed by atoms with Gasteiger partial charge < -0.3 is 20.1 Å². The van der Waals surface area contributed by atoms with Gasteiger partial charge in [-0.05, 0) is 23.8 Å². The summed E-state index contributed by atoms with van der Waals surface area (Å²) in [7, 11) is 1.60. The van der Waals surface area contributed by atoms with Crippen LogP contribution in [-0.2, 0) is 11.3 Å². The highest BCUT2D eigenvalue weighted by atomic mass is 16.6. The van der Waals surface area contributed by atoms with Gasteiger partial charge in [-0.1, -0.05) is 24.3 Å². The van der Waals surface area contributed by atoms with Crippen LogP contribution in [0.25, 0.3) is 0 Å². The first-order chi connectivity index (χ1) is 12.1. The Hall–Kier alpha value is -3.13. The minimum atomic E-state index is -0.544. The number of nitrogens with zero attached hydrogens (tertiary/aromatic N) is 1. The lowest BCUT2D eigenvalue weighted by atomic mass is 10.2. The molecule has 0 atom stereocenters. The number of para-hydroxylation sites is 2. The van der Waals surface area contributed by atoms with Gasteiger partial charge in [0.1, 0.15) is 18.0 Å². The van der Waals surface area contributed by atoms with Gasteiger partial charge in [0.2, 0.25) is 0 Å². The van der Waals surface area contributed by atoms with Crippen molar-refractivity contribution in [2.45, 2.75) is 6.54 Å². The summed E-state index contributed by atoms with van der Waals surface area (Å²) in [6, 6.07) is 12.7.